The van der Waals surface area contributed by atoms with Crippen LogP contribution < -0.4 is 5.73 Å². The van der Waals surface area contributed by atoms with E-state index in [1.165, 1.54) is 0 Å². The molecule has 2 unspecified atom stereocenters. The highest BCUT2D eigenvalue weighted by molar-refractivity contribution is 5.88. The zero-order chi connectivity index (χ0) is 14.0. The molecule has 4 heteroatoms. The van der Waals surface area contributed by atoms with Gasteiger partial charge in [-0.25, -0.2) is 0 Å². The number of nitrogens with two attached hydrogens (primary N) is 1. The molecule has 2 aromatic rings. The third kappa shape index (κ3) is 2.49. The summed E-state index contributed by atoms with van der Waals surface area (Å²) in [7, 11) is 0. The van der Waals surface area contributed by atoms with Gasteiger partial charge in [0, 0.05) is 23.0 Å². The number of H-pyrrole nitrogens is 1. The first kappa shape index (κ1) is 13.6. The van der Waals surface area contributed by atoms with E-state index in [2.05, 4.69) is 4.98 Å². The van der Waals surface area contributed by atoms with Crippen LogP contribution >= 0.6 is 0 Å². The number of aromatic amines is 1. The van der Waals surface area contributed by atoms with E-state index in [9.17, 15) is 9.90 Å². The van der Waals surface area contributed by atoms with Crippen molar-refractivity contribution in [2.45, 2.75) is 38.6 Å². The topological polar surface area (TPSA) is 79.1 Å². The van der Waals surface area contributed by atoms with Crippen LogP contribution in [0, 0.1) is 6.92 Å². The second-order valence-corrected chi connectivity index (χ2v) is 5.00. The minimum Gasteiger partial charge on any atom is -0.480 e. The van der Waals surface area contributed by atoms with Crippen LogP contribution in [0.4, 0.5) is 0 Å². The van der Waals surface area contributed by atoms with E-state index in [1.807, 2.05) is 38.2 Å². The minimum atomic E-state index is -0.943. The number of benzene rings is 1. The number of carboxylic acids is 1. The first-order valence-electron chi connectivity index (χ1n) is 6.61. The fourth-order valence-electron chi connectivity index (χ4n) is 2.70. The van der Waals surface area contributed by atoms with E-state index in [1.54, 1.807) is 0 Å². The van der Waals surface area contributed by atoms with Crippen LogP contribution in [0.3, 0.4) is 0 Å². The molecule has 2 atom stereocenters. The Hall–Kier alpha value is -1.81. The van der Waals surface area contributed by atoms with E-state index < -0.39 is 12.0 Å². The number of hydrogen-bond donors (Lipinski definition) is 3. The summed E-state index contributed by atoms with van der Waals surface area (Å²) >= 11 is 0. The third-order valence-electron chi connectivity index (χ3n) is 3.66. The molecule has 102 valence electrons. The summed E-state index contributed by atoms with van der Waals surface area (Å²) in [6.45, 7) is 4.08. The number of carboxylic acid groups (broad SMARTS) is 1. The monoisotopic (exact) mass is 260 g/mol. The van der Waals surface area contributed by atoms with Gasteiger partial charge in [0.1, 0.15) is 6.04 Å². The first-order chi connectivity index (χ1) is 9.06. The van der Waals surface area contributed by atoms with E-state index in [4.69, 9.17) is 5.73 Å². The highest BCUT2D eigenvalue weighted by Gasteiger charge is 2.27. The lowest BCUT2D eigenvalue weighted by Gasteiger charge is -2.20. The quantitative estimate of drug-likeness (QED) is 0.773. The Balaban J connectivity index is 2.53. The Morgan fingerprint density at radius 2 is 2.21 bits per heavy atom. The molecule has 0 aliphatic carbocycles. The summed E-state index contributed by atoms with van der Waals surface area (Å²) in [5.41, 5.74) is 9.07. The van der Waals surface area contributed by atoms with Gasteiger partial charge < -0.3 is 15.8 Å². The van der Waals surface area contributed by atoms with Gasteiger partial charge in [-0.2, -0.15) is 0 Å². The summed E-state index contributed by atoms with van der Waals surface area (Å²) < 4.78 is 0. The number of fused-ring (bicyclic) bond motifs is 1. The molecule has 0 amide bonds. The molecular formula is C15H20N2O2. The van der Waals surface area contributed by atoms with Gasteiger partial charge in [-0.1, -0.05) is 25.5 Å². The molecule has 0 radical (unpaired) electrons. The number of aryl methyl sites for hydroxylation is 1. The van der Waals surface area contributed by atoms with Gasteiger partial charge in [0.15, 0.2) is 0 Å². The molecule has 0 bridgehead atoms. The molecule has 1 heterocycles. The molecule has 0 fully saturated rings. The Morgan fingerprint density at radius 1 is 1.47 bits per heavy atom. The van der Waals surface area contributed by atoms with Crippen molar-refractivity contribution in [2.75, 3.05) is 0 Å². The molecule has 2 rings (SSSR count). The smallest absolute Gasteiger partial charge is 0.321 e. The molecule has 4 N–H and O–H groups in total. The predicted molar refractivity (Wildman–Crippen MR) is 76.3 cm³/mol. The van der Waals surface area contributed by atoms with E-state index in [0.29, 0.717) is 0 Å². The Morgan fingerprint density at radius 3 is 2.84 bits per heavy atom. The predicted octanol–water partition coefficient (Wildman–Crippen LogP) is 2.77. The standard InChI is InChI=1S/C15H20N2O2/c1-3-5-10(14(16)15(18)19)11-8-17-12-7-4-6-9(2)13(11)12/h4,6-8,10,14,17H,3,5,16H2,1-2H3,(H,18,19). The number of aliphatic carboxylic acids is 1. The highest BCUT2D eigenvalue weighted by atomic mass is 16.4. The van der Waals surface area contributed by atoms with Gasteiger partial charge in [-0.3, -0.25) is 4.79 Å². The first-order valence-corrected chi connectivity index (χ1v) is 6.61. The molecule has 4 nitrogen and oxygen atoms in total. The second kappa shape index (κ2) is 5.45. The Labute approximate surface area is 112 Å². The molecule has 0 aliphatic heterocycles. The lowest BCUT2D eigenvalue weighted by Crippen LogP contribution is -2.36. The van der Waals surface area contributed by atoms with E-state index >= 15 is 0 Å². The second-order valence-electron chi connectivity index (χ2n) is 5.00. The van der Waals surface area contributed by atoms with E-state index in [0.717, 1.165) is 34.9 Å². The molecule has 1 aromatic carbocycles. The van der Waals surface area contributed by atoms with Gasteiger partial charge in [0.2, 0.25) is 0 Å². The van der Waals surface area contributed by atoms with Crippen molar-refractivity contribution in [1.29, 1.82) is 0 Å². The van der Waals surface area contributed by atoms with Gasteiger partial charge in [-0.05, 0) is 30.5 Å². The lowest BCUT2D eigenvalue weighted by molar-refractivity contribution is -0.139. The number of aromatic nitrogens is 1. The van der Waals surface area contributed by atoms with Crippen LogP contribution in [0.1, 0.15) is 36.8 Å². The number of hydrogen-bond acceptors (Lipinski definition) is 2. The maximum absolute atomic E-state index is 11.2. The minimum absolute atomic E-state index is 0.155. The molecule has 19 heavy (non-hydrogen) atoms. The largest absolute Gasteiger partial charge is 0.480 e. The summed E-state index contributed by atoms with van der Waals surface area (Å²) in [4.78, 5) is 14.4. The molecule has 0 aliphatic rings. The van der Waals surface area contributed by atoms with Crippen LogP contribution in [-0.4, -0.2) is 22.1 Å². The van der Waals surface area contributed by atoms with Gasteiger partial charge in [0.25, 0.3) is 0 Å². The van der Waals surface area contributed by atoms with Crippen molar-refractivity contribution in [2.24, 2.45) is 5.73 Å². The average molecular weight is 260 g/mol. The van der Waals surface area contributed by atoms with Crippen molar-refractivity contribution < 1.29 is 9.90 Å². The number of carbonyl (C=O) groups is 1. The summed E-state index contributed by atoms with van der Waals surface area (Å²) in [6, 6.07) is 5.17. The number of nitrogens with one attached hydrogen (secondary N) is 1. The van der Waals surface area contributed by atoms with Crippen LogP contribution in [-0.2, 0) is 4.79 Å². The van der Waals surface area contributed by atoms with Crippen LogP contribution in [0.25, 0.3) is 10.9 Å². The summed E-state index contributed by atoms with van der Waals surface area (Å²) in [5.74, 6) is -1.10. The maximum atomic E-state index is 11.2. The number of rotatable bonds is 5. The zero-order valence-electron chi connectivity index (χ0n) is 11.3. The average Bonchev–Trinajstić information content (AvgIpc) is 2.80. The third-order valence-corrected chi connectivity index (χ3v) is 3.66. The van der Waals surface area contributed by atoms with Crippen LogP contribution in [0.5, 0.6) is 0 Å². The summed E-state index contributed by atoms with van der Waals surface area (Å²) in [5, 5.41) is 10.3. The van der Waals surface area contributed by atoms with Crippen molar-refractivity contribution in [3.8, 4) is 0 Å². The van der Waals surface area contributed by atoms with Gasteiger partial charge >= 0.3 is 5.97 Å². The van der Waals surface area contributed by atoms with Gasteiger partial charge in [0.05, 0.1) is 0 Å². The molecule has 1 aromatic heterocycles. The fourth-order valence-corrected chi connectivity index (χ4v) is 2.70. The fraction of sp³-hybridized carbons (Fsp3) is 0.400. The van der Waals surface area contributed by atoms with Crippen molar-refractivity contribution in [3.05, 3.63) is 35.5 Å². The van der Waals surface area contributed by atoms with Crippen LogP contribution in [0.2, 0.25) is 0 Å². The van der Waals surface area contributed by atoms with Crippen molar-refractivity contribution >= 4 is 16.9 Å². The molecule has 0 saturated heterocycles. The van der Waals surface area contributed by atoms with Crippen LogP contribution in [0.15, 0.2) is 24.4 Å². The SMILES string of the molecule is CCCC(c1c[nH]c2cccc(C)c12)C(N)C(=O)O. The molecule has 0 saturated carbocycles. The normalized spacial score (nSPS) is 14.5. The Bertz CT molecular complexity index is 589. The Kier molecular flexibility index (Phi) is 3.90. The van der Waals surface area contributed by atoms with E-state index in [-0.39, 0.29) is 5.92 Å². The van der Waals surface area contributed by atoms with Crippen molar-refractivity contribution in [1.82, 2.24) is 4.98 Å². The lowest BCUT2D eigenvalue weighted by atomic mass is 9.87. The zero-order valence-corrected chi connectivity index (χ0v) is 11.3. The van der Waals surface area contributed by atoms with Gasteiger partial charge in [-0.15, -0.1) is 0 Å². The highest BCUT2D eigenvalue weighted by Crippen LogP contribution is 2.32. The summed E-state index contributed by atoms with van der Waals surface area (Å²) in [6.07, 6.45) is 3.58. The molecular weight excluding hydrogens is 240 g/mol. The van der Waals surface area contributed by atoms with Crippen molar-refractivity contribution in [3.63, 3.8) is 0 Å². The maximum Gasteiger partial charge on any atom is 0.321 e. The molecule has 0 spiro atoms.